The fourth-order valence-corrected chi connectivity index (χ4v) is 4.97. The summed E-state index contributed by atoms with van der Waals surface area (Å²) in [5.41, 5.74) is 1.86. The Morgan fingerprint density at radius 3 is 2.75 bits per heavy atom. The summed E-state index contributed by atoms with van der Waals surface area (Å²) in [4.78, 5) is 28.4. The lowest BCUT2D eigenvalue weighted by Crippen LogP contribution is -2.23. The molecule has 2 aliphatic heterocycles. The van der Waals surface area contributed by atoms with E-state index < -0.39 is 17.1 Å². The number of rotatable bonds is 5. The first-order chi connectivity index (χ1) is 13.5. The molecule has 2 aliphatic rings. The number of carboxylic acids is 1. The quantitative estimate of drug-likeness (QED) is 0.805. The van der Waals surface area contributed by atoms with Gasteiger partial charge < -0.3 is 9.84 Å². The Balaban J connectivity index is 1.63. The zero-order valence-corrected chi connectivity index (χ0v) is 16.6. The van der Waals surface area contributed by atoms with Crippen molar-refractivity contribution in [2.75, 3.05) is 7.11 Å². The van der Waals surface area contributed by atoms with Crippen molar-refractivity contribution in [1.29, 1.82) is 0 Å². The second kappa shape index (κ2) is 7.76. The molecule has 0 saturated heterocycles. The Labute approximate surface area is 169 Å². The van der Waals surface area contributed by atoms with Gasteiger partial charge in [-0.2, -0.15) is 10.1 Å². The number of ether oxygens (including phenoxy) is 1. The highest BCUT2D eigenvalue weighted by atomic mass is 32.2. The smallest absolute Gasteiger partial charge is 0.305 e. The molecule has 1 aromatic carbocycles. The van der Waals surface area contributed by atoms with E-state index >= 15 is 0 Å². The molecule has 0 aliphatic carbocycles. The van der Waals surface area contributed by atoms with E-state index in [1.165, 1.54) is 11.8 Å². The first kappa shape index (κ1) is 18.7. The van der Waals surface area contributed by atoms with Gasteiger partial charge in [0, 0.05) is 11.3 Å². The van der Waals surface area contributed by atoms with Crippen LogP contribution in [0.15, 0.2) is 51.9 Å². The fourth-order valence-electron chi connectivity index (χ4n) is 3.11. The summed E-state index contributed by atoms with van der Waals surface area (Å²) in [5.74, 6) is -0.659. The van der Waals surface area contributed by atoms with E-state index in [1.54, 1.807) is 23.5 Å². The molecule has 0 bridgehead atoms. The lowest BCUT2D eigenvalue weighted by atomic mass is 10.0. The molecule has 1 aromatic heterocycles. The van der Waals surface area contributed by atoms with Crippen LogP contribution in [0.5, 0.6) is 5.75 Å². The number of amides is 1. The maximum atomic E-state index is 12.1. The van der Waals surface area contributed by atoms with Gasteiger partial charge in [-0.1, -0.05) is 17.8 Å². The van der Waals surface area contributed by atoms with Crippen molar-refractivity contribution in [3.63, 3.8) is 0 Å². The standard InChI is InChI=1S/C19H17N3O4S2/c1-26-12-6-4-11(5-7-12)13-9-14(15-3-2-8-27-15)22(21-13)19-20-18(25)16(28-19)10-17(23)24/h2-8,14,16H,9-10H2,1H3,(H,23,24). The summed E-state index contributed by atoms with van der Waals surface area (Å²) in [6.07, 6.45) is 0.424. The number of thiophene rings is 1. The summed E-state index contributed by atoms with van der Waals surface area (Å²) >= 11 is 2.79. The molecule has 2 atom stereocenters. The van der Waals surface area contributed by atoms with Crippen molar-refractivity contribution in [3.8, 4) is 5.75 Å². The highest BCUT2D eigenvalue weighted by molar-refractivity contribution is 8.15. The van der Waals surface area contributed by atoms with Crippen LogP contribution >= 0.6 is 23.1 Å². The lowest BCUT2D eigenvalue weighted by molar-refractivity contribution is -0.138. The number of hydrogen-bond donors (Lipinski definition) is 1. The van der Waals surface area contributed by atoms with Gasteiger partial charge in [-0.3, -0.25) is 9.59 Å². The van der Waals surface area contributed by atoms with Gasteiger partial charge in [0.2, 0.25) is 0 Å². The molecular weight excluding hydrogens is 398 g/mol. The molecular formula is C19H17N3O4S2. The number of hydrogen-bond acceptors (Lipinski definition) is 7. The van der Waals surface area contributed by atoms with Crippen LogP contribution in [-0.4, -0.2) is 45.2 Å². The number of carbonyl (C=O) groups is 2. The molecule has 0 spiro atoms. The molecule has 3 heterocycles. The van der Waals surface area contributed by atoms with Gasteiger partial charge in [-0.25, -0.2) is 5.01 Å². The molecule has 0 fully saturated rings. The second-order valence-corrected chi connectivity index (χ2v) is 8.44. The van der Waals surface area contributed by atoms with E-state index in [9.17, 15) is 9.59 Å². The number of thioether (sulfide) groups is 1. The van der Waals surface area contributed by atoms with E-state index in [0.29, 0.717) is 11.6 Å². The third-order valence-corrected chi connectivity index (χ3v) is 6.61. The van der Waals surface area contributed by atoms with Crippen molar-refractivity contribution < 1.29 is 19.4 Å². The van der Waals surface area contributed by atoms with Crippen LogP contribution in [0.3, 0.4) is 0 Å². The maximum Gasteiger partial charge on any atom is 0.305 e. The molecule has 0 saturated carbocycles. The minimum absolute atomic E-state index is 0.0697. The SMILES string of the molecule is COc1ccc(C2=NN(C3=NC(=O)C(CC(=O)O)S3)C(c3cccs3)C2)cc1. The zero-order chi connectivity index (χ0) is 19.7. The molecule has 1 N–H and O–H groups in total. The minimum Gasteiger partial charge on any atom is -0.497 e. The number of carboxylic acid groups (broad SMARTS) is 1. The Bertz CT molecular complexity index is 954. The molecule has 1 amide bonds. The number of amidine groups is 1. The first-order valence-corrected chi connectivity index (χ1v) is 10.4. The molecule has 9 heteroatoms. The Hall–Kier alpha value is -2.65. The van der Waals surface area contributed by atoms with Gasteiger partial charge >= 0.3 is 5.97 Å². The van der Waals surface area contributed by atoms with E-state index in [0.717, 1.165) is 21.9 Å². The topological polar surface area (TPSA) is 91.6 Å². The number of methoxy groups -OCH3 is 1. The number of carbonyl (C=O) groups excluding carboxylic acids is 1. The average Bonchev–Trinajstić information content (AvgIpc) is 3.41. The Morgan fingerprint density at radius 2 is 2.11 bits per heavy atom. The average molecular weight is 415 g/mol. The van der Waals surface area contributed by atoms with Crippen LogP contribution in [0, 0.1) is 0 Å². The van der Waals surface area contributed by atoms with Gasteiger partial charge in [0.1, 0.15) is 11.0 Å². The summed E-state index contributed by atoms with van der Waals surface area (Å²) in [6, 6.07) is 11.6. The molecule has 2 unspecified atom stereocenters. The van der Waals surface area contributed by atoms with E-state index in [-0.39, 0.29) is 12.5 Å². The van der Waals surface area contributed by atoms with Crippen LogP contribution in [0.1, 0.15) is 29.3 Å². The minimum atomic E-state index is -1.01. The molecule has 28 heavy (non-hydrogen) atoms. The predicted octanol–water partition coefficient (Wildman–Crippen LogP) is 3.38. The Kier molecular flexibility index (Phi) is 5.19. The van der Waals surface area contributed by atoms with Gasteiger partial charge in [-0.05, 0) is 41.3 Å². The molecule has 144 valence electrons. The number of aliphatic imine (C=N–C) groups is 1. The summed E-state index contributed by atoms with van der Waals surface area (Å²) in [5, 5.41) is 17.3. The number of hydrazone groups is 1. The summed E-state index contributed by atoms with van der Waals surface area (Å²) in [7, 11) is 1.62. The fraction of sp³-hybridized carbons (Fsp3) is 0.263. The van der Waals surface area contributed by atoms with Gasteiger partial charge in [0.25, 0.3) is 5.91 Å². The van der Waals surface area contributed by atoms with Crippen molar-refractivity contribution in [3.05, 3.63) is 52.2 Å². The van der Waals surface area contributed by atoms with E-state index in [1.807, 2.05) is 41.8 Å². The molecule has 2 aromatic rings. The van der Waals surface area contributed by atoms with Crippen molar-refractivity contribution >= 4 is 45.9 Å². The van der Waals surface area contributed by atoms with Gasteiger partial charge in [-0.15, -0.1) is 11.3 Å². The highest BCUT2D eigenvalue weighted by Crippen LogP contribution is 2.40. The molecule has 0 radical (unpaired) electrons. The molecule has 7 nitrogen and oxygen atoms in total. The number of nitrogens with zero attached hydrogens (tertiary/aromatic N) is 3. The van der Waals surface area contributed by atoms with Crippen LogP contribution < -0.4 is 4.74 Å². The van der Waals surface area contributed by atoms with Crippen LogP contribution in [0.25, 0.3) is 0 Å². The first-order valence-electron chi connectivity index (χ1n) is 8.60. The van der Waals surface area contributed by atoms with Crippen LogP contribution in [0.2, 0.25) is 0 Å². The Morgan fingerprint density at radius 1 is 1.32 bits per heavy atom. The third kappa shape index (κ3) is 3.67. The number of benzene rings is 1. The number of aliphatic carboxylic acids is 1. The maximum absolute atomic E-state index is 12.1. The van der Waals surface area contributed by atoms with E-state index in [2.05, 4.69) is 4.99 Å². The van der Waals surface area contributed by atoms with Gasteiger partial charge in [0.05, 0.1) is 25.3 Å². The zero-order valence-electron chi connectivity index (χ0n) is 14.9. The van der Waals surface area contributed by atoms with Crippen LogP contribution in [-0.2, 0) is 9.59 Å². The summed E-state index contributed by atoms with van der Waals surface area (Å²) in [6.45, 7) is 0. The van der Waals surface area contributed by atoms with Crippen molar-refractivity contribution in [2.24, 2.45) is 10.1 Å². The van der Waals surface area contributed by atoms with Gasteiger partial charge in [0.15, 0.2) is 5.17 Å². The lowest BCUT2D eigenvalue weighted by Gasteiger charge is -2.21. The van der Waals surface area contributed by atoms with Crippen molar-refractivity contribution in [2.45, 2.75) is 24.1 Å². The monoisotopic (exact) mass is 415 g/mol. The molecule has 4 rings (SSSR count). The largest absolute Gasteiger partial charge is 0.497 e. The summed E-state index contributed by atoms with van der Waals surface area (Å²) < 4.78 is 5.21. The highest BCUT2D eigenvalue weighted by Gasteiger charge is 2.39. The third-order valence-electron chi connectivity index (χ3n) is 4.49. The predicted molar refractivity (Wildman–Crippen MR) is 109 cm³/mol. The second-order valence-electron chi connectivity index (χ2n) is 6.29. The van der Waals surface area contributed by atoms with Crippen LogP contribution in [0.4, 0.5) is 0 Å². The normalized spacial score (nSPS) is 21.6. The van der Waals surface area contributed by atoms with Crippen molar-refractivity contribution in [1.82, 2.24) is 5.01 Å². The van der Waals surface area contributed by atoms with E-state index in [4.69, 9.17) is 14.9 Å².